The minimum Gasteiger partial charge on any atom is -0.356 e. The Morgan fingerprint density at radius 3 is 2.47 bits per heavy atom. The molecule has 2 heterocycles. The summed E-state index contributed by atoms with van der Waals surface area (Å²) in [6, 6.07) is 1.93. The van der Waals surface area contributed by atoms with Crippen LogP contribution in [0.15, 0.2) is 12.3 Å². The zero-order chi connectivity index (χ0) is 12.5. The standard InChI is InChI=1S/C13H20ClN3/c1-13(2,3)10-5-8-17(9-6-10)11-4-7-15-12(14)16-11/h4,7,10H,5-6,8-9H2,1-3H3. The van der Waals surface area contributed by atoms with Crippen LogP contribution >= 0.6 is 11.6 Å². The van der Waals surface area contributed by atoms with Crippen LogP contribution < -0.4 is 4.90 Å². The fourth-order valence-corrected chi connectivity index (χ4v) is 2.62. The molecule has 0 saturated carbocycles. The Hall–Kier alpha value is -0.830. The van der Waals surface area contributed by atoms with Crippen LogP contribution in [0.2, 0.25) is 5.28 Å². The SMILES string of the molecule is CC(C)(C)C1CCN(c2ccnc(Cl)n2)CC1. The second-order valence-electron chi connectivity index (χ2n) is 5.81. The van der Waals surface area contributed by atoms with Crippen molar-refractivity contribution in [2.75, 3.05) is 18.0 Å². The molecule has 0 aromatic carbocycles. The van der Waals surface area contributed by atoms with E-state index in [1.165, 1.54) is 12.8 Å². The van der Waals surface area contributed by atoms with Gasteiger partial charge in [-0.25, -0.2) is 9.97 Å². The van der Waals surface area contributed by atoms with Crippen LogP contribution in [0.3, 0.4) is 0 Å². The molecule has 1 aliphatic rings. The molecule has 0 amide bonds. The summed E-state index contributed by atoms with van der Waals surface area (Å²) >= 11 is 5.82. The molecule has 1 aliphatic heterocycles. The average molecular weight is 254 g/mol. The highest BCUT2D eigenvalue weighted by molar-refractivity contribution is 6.28. The monoisotopic (exact) mass is 253 g/mol. The van der Waals surface area contributed by atoms with Crippen molar-refractivity contribution in [3.8, 4) is 0 Å². The average Bonchev–Trinajstić information content (AvgIpc) is 2.28. The van der Waals surface area contributed by atoms with Crippen LogP contribution in [-0.4, -0.2) is 23.1 Å². The summed E-state index contributed by atoms with van der Waals surface area (Å²) in [5.74, 6) is 1.76. The molecule has 2 rings (SSSR count). The maximum absolute atomic E-state index is 5.82. The van der Waals surface area contributed by atoms with Gasteiger partial charge in [-0.05, 0) is 41.8 Å². The van der Waals surface area contributed by atoms with E-state index in [1.807, 2.05) is 6.07 Å². The Morgan fingerprint density at radius 2 is 1.94 bits per heavy atom. The van der Waals surface area contributed by atoms with E-state index >= 15 is 0 Å². The van der Waals surface area contributed by atoms with Crippen molar-refractivity contribution < 1.29 is 0 Å². The van der Waals surface area contributed by atoms with E-state index in [4.69, 9.17) is 11.6 Å². The van der Waals surface area contributed by atoms with Crippen LogP contribution in [0, 0.1) is 11.3 Å². The summed E-state index contributed by atoms with van der Waals surface area (Å²) in [7, 11) is 0. The molecule has 1 aromatic rings. The van der Waals surface area contributed by atoms with Gasteiger partial charge in [-0.2, -0.15) is 0 Å². The Kier molecular flexibility index (Phi) is 3.57. The Balaban J connectivity index is 2.00. The molecule has 4 heteroatoms. The van der Waals surface area contributed by atoms with Crippen LogP contribution in [0.4, 0.5) is 5.82 Å². The van der Waals surface area contributed by atoms with E-state index in [9.17, 15) is 0 Å². The molecular weight excluding hydrogens is 234 g/mol. The van der Waals surface area contributed by atoms with Crippen molar-refractivity contribution >= 4 is 17.4 Å². The van der Waals surface area contributed by atoms with E-state index in [-0.39, 0.29) is 0 Å². The largest absolute Gasteiger partial charge is 0.356 e. The molecule has 0 unspecified atom stereocenters. The predicted molar refractivity (Wildman–Crippen MR) is 71.4 cm³/mol. The molecule has 1 saturated heterocycles. The lowest BCUT2D eigenvalue weighted by molar-refractivity contribution is 0.198. The second-order valence-corrected chi connectivity index (χ2v) is 6.15. The van der Waals surface area contributed by atoms with Gasteiger partial charge in [0.15, 0.2) is 0 Å². The molecule has 0 spiro atoms. The van der Waals surface area contributed by atoms with Crippen LogP contribution in [-0.2, 0) is 0 Å². The first-order valence-corrected chi connectivity index (χ1v) is 6.58. The van der Waals surface area contributed by atoms with Crippen LogP contribution in [0.1, 0.15) is 33.6 Å². The summed E-state index contributed by atoms with van der Waals surface area (Å²) in [5.41, 5.74) is 0.412. The fraction of sp³-hybridized carbons (Fsp3) is 0.692. The number of nitrogens with zero attached hydrogens (tertiary/aromatic N) is 3. The van der Waals surface area contributed by atoms with Crippen molar-refractivity contribution in [2.45, 2.75) is 33.6 Å². The minimum atomic E-state index is 0.334. The lowest BCUT2D eigenvalue weighted by Crippen LogP contribution is -2.38. The second kappa shape index (κ2) is 4.81. The first-order valence-electron chi connectivity index (χ1n) is 6.20. The summed E-state index contributed by atoms with van der Waals surface area (Å²) in [6.45, 7) is 9.11. The highest BCUT2D eigenvalue weighted by Crippen LogP contribution is 2.35. The normalized spacial score (nSPS) is 18.5. The van der Waals surface area contributed by atoms with Gasteiger partial charge in [-0.15, -0.1) is 0 Å². The third-order valence-corrected chi connectivity index (χ3v) is 3.84. The number of hydrogen-bond acceptors (Lipinski definition) is 3. The van der Waals surface area contributed by atoms with Gasteiger partial charge >= 0.3 is 0 Å². The number of halogens is 1. The van der Waals surface area contributed by atoms with Crippen molar-refractivity contribution in [1.29, 1.82) is 0 Å². The molecular formula is C13H20ClN3. The zero-order valence-electron chi connectivity index (χ0n) is 10.8. The molecule has 0 atom stereocenters. The van der Waals surface area contributed by atoms with Crippen molar-refractivity contribution in [3.05, 3.63) is 17.5 Å². The number of hydrogen-bond donors (Lipinski definition) is 0. The lowest BCUT2D eigenvalue weighted by Gasteiger charge is -2.39. The van der Waals surface area contributed by atoms with Crippen molar-refractivity contribution in [3.63, 3.8) is 0 Å². The quantitative estimate of drug-likeness (QED) is 0.719. The predicted octanol–water partition coefficient (Wildman–Crippen LogP) is 3.39. The van der Waals surface area contributed by atoms with Crippen molar-refractivity contribution in [2.24, 2.45) is 11.3 Å². The molecule has 0 N–H and O–H groups in total. The third-order valence-electron chi connectivity index (χ3n) is 3.66. The molecule has 0 radical (unpaired) electrons. The topological polar surface area (TPSA) is 29.0 Å². The number of rotatable bonds is 1. The zero-order valence-corrected chi connectivity index (χ0v) is 11.5. The van der Waals surface area contributed by atoms with Gasteiger partial charge in [0.25, 0.3) is 0 Å². The van der Waals surface area contributed by atoms with E-state index in [2.05, 4.69) is 35.6 Å². The summed E-state index contributed by atoms with van der Waals surface area (Å²) in [4.78, 5) is 10.5. The Morgan fingerprint density at radius 1 is 1.29 bits per heavy atom. The maximum Gasteiger partial charge on any atom is 0.224 e. The lowest BCUT2D eigenvalue weighted by atomic mass is 9.75. The molecule has 0 aliphatic carbocycles. The molecule has 0 bridgehead atoms. The van der Waals surface area contributed by atoms with Crippen LogP contribution in [0.25, 0.3) is 0 Å². The fourth-order valence-electron chi connectivity index (χ4n) is 2.48. The Labute approximate surface area is 108 Å². The van der Waals surface area contributed by atoms with E-state index in [0.29, 0.717) is 10.7 Å². The van der Waals surface area contributed by atoms with E-state index in [0.717, 1.165) is 24.8 Å². The maximum atomic E-state index is 5.82. The summed E-state index contributed by atoms with van der Waals surface area (Å²) in [6.07, 6.45) is 4.18. The van der Waals surface area contributed by atoms with Gasteiger partial charge in [0.1, 0.15) is 5.82 Å². The van der Waals surface area contributed by atoms with Gasteiger partial charge in [0, 0.05) is 19.3 Å². The third kappa shape index (κ3) is 3.09. The highest BCUT2D eigenvalue weighted by Gasteiger charge is 2.29. The first kappa shape index (κ1) is 12.6. The number of aromatic nitrogens is 2. The van der Waals surface area contributed by atoms with Crippen LogP contribution in [0.5, 0.6) is 0 Å². The number of piperidine rings is 1. The van der Waals surface area contributed by atoms with Gasteiger partial charge in [0.2, 0.25) is 5.28 Å². The van der Waals surface area contributed by atoms with Crippen molar-refractivity contribution in [1.82, 2.24) is 9.97 Å². The smallest absolute Gasteiger partial charge is 0.224 e. The van der Waals surface area contributed by atoms with Gasteiger partial charge in [-0.3, -0.25) is 0 Å². The van der Waals surface area contributed by atoms with E-state index in [1.54, 1.807) is 6.20 Å². The van der Waals surface area contributed by atoms with Gasteiger partial charge < -0.3 is 4.90 Å². The Bertz CT molecular complexity index is 378. The summed E-state index contributed by atoms with van der Waals surface area (Å²) < 4.78 is 0. The summed E-state index contributed by atoms with van der Waals surface area (Å²) in [5, 5.41) is 0.334. The minimum absolute atomic E-state index is 0.334. The highest BCUT2D eigenvalue weighted by atomic mass is 35.5. The van der Waals surface area contributed by atoms with Gasteiger partial charge in [-0.1, -0.05) is 20.8 Å². The molecule has 3 nitrogen and oxygen atoms in total. The molecule has 1 aromatic heterocycles. The van der Waals surface area contributed by atoms with Gasteiger partial charge in [0.05, 0.1) is 0 Å². The first-order chi connectivity index (χ1) is 7.97. The van der Waals surface area contributed by atoms with E-state index < -0.39 is 0 Å². The molecule has 94 valence electrons. The molecule has 1 fully saturated rings. The number of anilines is 1. The molecule has 17 heavy (non-hydrogen) atoms.